The number of carbonyl (C=O) groups is 3. The zero-order valence-corrected chi connectivity index (χ0v) is 19.5. The summed E-state index contributed by atoms with van der Waals surface area (Å²) >= 11 is 6.13. The number of alkyl halides is 3. The fourth-order valence-electron chi connectivity index (χ4n) is 2.96. The monoisotopic (exact) mass is 520 g/mol. The molecule has 2 aromatic carbocycles. The highest BCUT2D eigenvalue weighted by Gasteiger charge is 2.31. The van der Waals surface area contributed by atoms with Gasteiger partial charge < -0.3 is 20.7 Å². The Bertz CT molecular complexity index is 1270. The molecule has 8 nitrogen and oxygen atoms in total. The molecule has 0 aliphatic heterocycles. The zero-order valence-electron chi connectivity index (χ0n) is 18.8. The highest BCUT2D eigenvalue weighted by molar-refractivity contribution is 6.34. The Kier molecular flexibility index (Phi) is 8.62. The maximum absolute atomic E-state index is 12.9. The maximum atomic E-state index is 12.9. The quantitative estimate of drug-likeness (QED) is 0.376. The van der Waals surface area contributed by atoms with Gasteiger partial charge in [-0.05, 0) is 48.5 Å². The molecule has 1 aromatic heterocycles. The molecule has 3 aromatic rings. The number of nitrogens with zero attached hydrogens (tertiary/aromatic N) is 1. The van der Waals surface area contributed by atoms with Gasteiger partial charge in [0.25, 0.3) is 11.8 Å². The molecule has 1 heterocycles. The lowest BCUT2D eigenvalue weighted by Gasteiger charge is -2.11. The topological polar surface area (TPSA) is 109 Å². The Balaban J connectivity index is 1.68. The molecule has 0 aliphatic carbocycles. The van der Waals surface area contributed by atoms with Crippen LogP contribution in [-0.4, -0.2) is 36.4 Å². The Morgan fingerprint density at radius 2 is 1.67 bits per heavy atom. The number of anilines is 3. The molecule has 0 atom stereocenters. The third-order valence-electron chi connectivity index (χ3n) is 4.74. The Morgan fingerprint density at radius 3 is 2.33 bits per heavy atom. The van der Waals surface area contributed by atoms with Crippen molar-refractivity contribution in [3.8, 4) is 0 Å². The van der Waals surface area contributed by atoms with Gasteiger partial charge in [-0.15, -0.1) is 0 Å². The Hall–Kier alpha value is -3.96. The molecule has 3 rings (SSSR count). The van der Waals surface area contributed by atoms with Crippen molar-refractivity contribution >= 4 is 46.5 Å². The van der Waals surface area contributed by atoms with Gasteiger partial charge in [-0.1, -0.05) is 17.7 Å². The average molecular weight is 521 g/mol. The fourth-order valence-corrected chi connectivity index (χ4v) is 3.16. The minimum atomic E-state index is -4.59. The molecule has 3 N–H and O–H groups in total. The van der Waals surface area contributed by atoms with Crippen LogP contribution < -0.4 is 16.0 Å². The number of benzene rings is 2. The summed E-state index contributed by atoms with van der Waals surface area (Å²) in [5.41, 5.74) is -0.689. The normalized spacial score (nSPS) is 11.0. The van der Waals surface area contributed by atoms with Crippen molar-refractivity contribution in [2.24, 2.45) is 0 Å². The fraction of sp³-hybridized carbons (Fsp3) is 0.167. The zero-order chi connectivity index (χ0) is 26.3. The molecule has 0 aliphatic rings. The second kappa shape index (κ2) is 11.6. The maximum Gasteiger partial charge on any atom is 0.416 e. The summed E-state index contributed by atoms with van der Waals surface area (Å²) in [7, 11) is 1.48. The van der Waals surface area contributed by atoms with E-state index in [0.717, 1.165) is 18.2 Å². The third kappa shape index (κ3) is 7.27. The highest BCUT2D eigenvalue weighted by Crippen LogP contribution is 2.30. The molecule has 0 fully saturated rings. The second-order valence-corrected chi connectivity index (χ2v) is 7.81. The van der Waals surface area contributed by atoms with Gasteiger partial charge in [-0.3, -0.25) is 14.4 Å². The van der Waals surface area contributed by atoms with Crippen molar-refractivity contribution in [3.63, 3.8) is 0 Å². The van der Waals surface area contributed by atoms with Gasteiger partial charge in [0.2, 0.25) is 5.91 Å². The summed E-state index contributed by atoms with van der Waals surface area (Å²) in [6.07, 6.45) is -3.10. The molecule has 12 heteroatoms. The molecule has 0 bridgehead atoms. The van der Waals surface area contributed by atoms with Crippen LogP contribution in [0.15, 0.2) is 60.8 Å². The molecule has 0 saturated carbocycles. The molecule has 0 saturated heterocycles. The molecular weight excluding hydrogens is 501 g/mol. The molecule has 3 amide bonds. The minimum absolute atomic E-state index is 0.00968. The molecule has 188 valence electrons. The van der Waals surface area contributed by atoms with Crippen LogP contribution in [-0.2, 0) is 15.7 Å². The van der Waals surface area contributed by atoms with Crippen molar-refractivity contribution in [2.75, 3.05) is 29.7 Å². The summed E-state index contributed by atoms with van der Waals surface area (Å²) in [5.74, 6) is -1.40. The van der Waals surface area contributed by atoms with E-state index in [0.29, 0.717) is 5.69 Å². The Labute approximate surface area is 208 Å². The van der Waals surface area contributed by atoms with Crippen molar-refractivity contribution < 1.29 is 32.3 Å². The lowest BCUT2D eigenvalue weighted by atomic mass is 10.1. The molecule has 0 unspecified atom stereocenters. The van der Waals surface area contributed by atoms with Crippen molar-refractivity contribution in [2.45, 2.75) is 12.6 Å². The minimum Gasteiger partial charge on any atom is -0.384 e. The van der Waals surface area contributed by atoms with Crippen LogP contribution in [0.1, 0.15) is 32.7 Å². The number of hydrogen-bond donors (Lipinski definition) is 3. The number of hydrogen-bond acceptors (Lipinski definition) is 5. The van der Waals surface area contributed by atoms with E-state index in [1.165, 1.54) is 49.7 Å². The van der Waals surface area contributed by atoms with Crippen molar-refractivity contribution in [1.29, 1.82) is 0 Å². The summed E-state index contributed by atoms with van der Waals surface area (Å²) in [4.78, 5) is 41.0. The molecule has 36 heavy (non-hydrogen) atoms. The predicted molar refractivity (Wildman–Crippen MR) is 128 cm³/mol. The van der Waals surface area contributed by atoms with E-state index >= 15 is 0 Å². The van der Waals surface area contributed by atoms with E-state index in [1.54, 1.807) is 0 Å². The Morgan fingerprint density at radius 1 is 0.944 bits per heavy atom. The van der Waals surface area contributed by atoms with Crippen LogP contribution in [0.5, 0.6) is 0 Å². The number of pyridine rings is 1. The second-order valence-electron chi connectivity index (χ2n) is 7.40. The smallest absolute Gasteiger partial charge is 0.384 e. The SMILES string of the molecule is COCCC(=O)Nc1ccc(NC(=O)c2cc(NC(=O)c3cccc(C(F)(F)F)c3)ccc2Cl)cn1. The predicted octanol–water partition coefficient (Wildman–Crippen LogP) is 5.23. The number of carbonyl (C=O) groups excluding carboxylic acids is 3. The van der Waals surface area contributed by atoms with Crippen LogP contribution in [0.25, 0.3) is 0 Å². The van der Waals surface area contributed by atoms with Gasteiger partial charge in [0.15, 0.2) is 0 Å². The summed E-state index contributed by atoms with van der Waals surface area (Å²) in [6.45, 7) is 0.264. The first-order valence-corrected chi connectivity index (χ1v) is 10.8. The van der Waals surface area contributed by atoms with E-state index in [2.05, 4.69) is 20.9 Å². The van der Waals surface area contributed by atoms with Gasteiger partial charge in [0, 0.05) is 18.4 Å². The van der Waals surface area contributed by atoms with Crippen molar-refractivity contribution in [3.05, 3.63) is 82.5 Å². The molecule has 0 radical (unpaired) electrons. The highest BCUT2D eigenvalue weighted by atomic mass is 35.5. The number of nitrogens with one attached hydrogen (secondary N) is 3. The lowest BCUT2D eigenvalue weighted by molar-refractivity contribution is -0.137. The van der Waals surface area contributed by atoms with Gasteiger partial charge >= 0.3 is 6.18 Å². The summed E-state index contributed by atoms with van der Waals surface area (Å²) in [6, 6.07) is 11.0. The average Bonchev–Trinajstić information content (AvgIpc) is 2.84. The van der Waals surface area contributed by atoms with Crippen LogP contribution in [0.2, 0.25) is 5.02 Å². The molecule has 0 spiro atoms. The van der Waals surface area contributed by atoms with Gasteiger partial charge in [0.1, 0.15) is 5.82 Å². The van der Waals surface area contributed by atoms with Gasteiger partial charge in [-0.25, -0.2) is 4.98 Å². The molecular formula is C24H20ClF3N4O4. The number of rotatable bonds is 8. The van der Waals surface area contributed by atoms with Crippen LogP contribution in [0, 0.1) is 0 Å². The number of aromatic nitrogens is 1. The number of halogens is 4. The summed E-state index contributed by atoms with van der Waals surface area (Å²) < 4.78 is 43.6. The standard InChI is InChI=1S/C24H20ClF3N4O4/c1-36-10-9-21(33)32-20-8-6-17(13-29-20)31-23(35)18-12-16(5-7-19(18)25)30-22(34)14-3-2-4-15(11-14)24(26,27)28/h2-8,11-13H,9-10H2,1H3,(H,30,34)(H,31,35)(H,29,32,33). The lowest BCUT2D eigenvalue weighted by Crippen LogP contribution is -2.16. The van der Waals surface area contributed by atoms with Gasteiger partial charge in [-0.2, -0.15) is 13.2 Å². The third-order valence-corrected chi connectivity index (χ3v) is 5.07. The first kappa shape index (κ1) is 26.6. The van der Waals surface area contributed by atoms with E-state index in [1.807, 2.05) is 0 Å². The van der Waals surface area contributed by atoms with Crippen LogP contribution in [0.3, 0.4) is 0 Å². The summed E-state index contributed by atoms with van der Waals surface area (Å²) in [5, 5.41) is 7.72. The number of ether oxygens (including phenoxy) is 1. The largest absolute Gasteiger partial charge is 0.416 e. The van der Waals surface area contributed by atoms with Crippen molar-refractivity contribution in [1.82, 2.24) is 4.98 Å². The van der Waals surface area contributed by atoms with E-state index in [9.17, 15) is 27.6 Å². The van der Waals surface area contributed by atoms with Crippen LogP contribution >= 0.6 is 11.6 Å². The van der Waals surface area contributed by atoms with E-state index in [4.69, 9.17) is 16.3 Å². The number of methoxy groups -OCH3 is 1. The number of amides is 3. The van der Waals surface area contributed by atoms with E-state index in [-0.39, 0.29) is 46.6 Å². The van der Waals surface area contributed by atoms with Crippen LogP contribution in [0.4, 0.5) is 30.4 Å². The van der Waals surface area contributed by atoms with E-state index < -0.39 is 23.6 Å². The first-order valence-electron chi connectivity index (χ1n) is 10.4. The first-order chi connectivity index (χ1) is 17.1. The van der Waals surface area contributed by atoms with Gasteiger partial charge in [0.05, 0.1) is 41.1 Å².